The third kappa shape index (κ3) is 3.57. The lowest BCUT2D eigenvalue weighted by Gasteiger charge is -2.20. The summed E-state index contributed by atoms with van der Waals surface area (Å²) in [6, 6.07) is 3.70. The fourth-order valence-corrected chi connectivity index (χ4v) is 5.29. The average molecular weight is 422 g/mol. The number of aromatic nitrogens is 4. The number of pyridine rings is 1. The van der Waals surface area contributed by atoms with Crippen LogP contribution in [0.15, 0.2) is 22.4 Å². The molecule has 3 aromatic heterocycles. The number of hydrogen-bond donors (Lipinski definition) is 2. The van der Waals surface area contributed by atoms with Gasteiger partial charge in [0.1, 0.15) is 17.3 Å². The highest BCUT2D eigenvalue weighted by atomic mass is 32.1. The summed E-state index contributed by atoms with van der Waals surface area (Å²) in [5, 5.41) is 19.5. The molecule has 154 valence electrons. The van der Waals surface area contributed by atoms with Crippen molar-refractivity contribution in [2.75, 3.05) is 18.4 Å². The molecule has 2 N–H and O–H groups in total. The van der Waals surface area contributed by atoms with Gasteiger partial charge in [0.15, 0.2) is 5.13 Å². The first kappa shape index (κ1) is 19.2. The van der Waals surface area contributed by atoms with Crippen LogP contribution in [0, 0.1) is 11.3 Å². The molecule has 3 aromatic rings. The van der Waals surface area contributed by atoms with Gasteiger partial charge in [0.2, 0.25) is 5.95 Å². The van der Waals surface area contributed by atoms with E-state index in [9.17, 15) is 10.1 Å². The second-order valence-electron chi connectivity index (χ2n) is 7.98. The van der Waals surface area contributed by atoms with Gasteiger partial charge in [-0.05, 0) is 44.8 Å². The maximum atomic E-state index is 12.9. The van der Waals surface area contributed by atoms with Gasteiger partial charge in [0.05, 0.1) is 5.69 Å². The van der Waals surface area contributed by atoms with E-state index >= 15 is 0 Å². The van der Waals surface area contributed by atoms with Crippen molar-refractivity contribution in [2.45, 2.75) is 50.5 Å². The normalized spacial score (nSPS) is 18.0. The average Bonchev–Trinajstić information content (AvgIpc) is 3.46. The Morgan fingerprint density at radius 1 is 1.20 bits per heavy atom. The molecular weight excluding hydrogens is 398 g/mol. The standard InChI is InChI=1S/C21H23N7OS/c22-10-14-9-15-11-24-20(26-18(15)28(19(14)29)16-3-1-2-4-16)27-21-25-17(12-30-21)13-5-7-23-8-6-13/h9,11-13,16,23H,1-8H2,(H,24,25,26,27). The summed E-state index contributed by atoms with van der Waals surface area (Å²) < 4.78 is 1.70. The van der Waals surface area contributed by atoms with Crippen LogP contribution in [0.5, 0.6) is 0 Å². The molecule has 0 amide bonds. The first-order chi connectivity index (χ1) is 14.7. The van der Waals surface area contributed by atoms with Gasteiger partial charge in [-0.1, -0.05) is 12.8 Å². The highest BCUT2D eigenvalue weighted by Crippen LogP contribution is 2.32. The summed E-state index contributed by atoms with van der Waals surface area (Å²) in [6.45, 7) is 2.06. The predicted molar refractivity (Wildman–Crippen MR) is 116 cm³/mol. The SMILES string of the molecule is N#Cc1cc2cnc(Nc3nc(C4CCNCC4)cs3)nc2n(C2CCCC2)c1=O. The van der Waals surface area contributed by atoms with Crippen LogP contribution in [-0.2, 0) is 0 Å². The van der Waals surface area contributed by atoms with Gasteiger partial charge in [-0.2, -0.15) is 10.2 Å². The van der Waals surface area contributed by atoms with E-state index in [1.807, 2.05) is 6.07 Å². The minimum atomic E-state index is -0.260. The lowest BCUT2D eigenvalue weighted by Crippen LogP contribution is -2.27. The molecule has 0 atom stereocenters. The number of rotatable bonds is 4. The molecule has 0 unspecified atom stereocenters. The van der Waals surface area contributed by atoms with Crippen LogP contribution in [0.1, 0.15) is 61.7 Å². The van der Waals surface area contributed by atoms with Gasteiger partial charge in [-0.25, -0.2) is 9.97 Å². The molecule has 1 saturated heterocycles. The van der Waals surface area contributed by atoms with E-state index in [-0.39, 0.29) is 17.2 Å². The Kier molecular flexibility index (Phi) is 5.19. The lowest BCUT2D eigenvalue weighted by molar-refractivity contribution is 0.455. The number of nitriles is 1. The molecule has 0 aromatic carbocycles. The van der Waals surface area contributed by atoms with Gasteiger partial charge < -0.3 is 5.32 Å². The van der Waals surface area contributed by atoms with Crippen molar-refractivity contribution < 1.29 is 0 Å². The van der Waals surface area contributed by atoms with Gasteiger partial charge in [0.25, 0.3) is 5.56 Å². The first-order valence-corrected chi connectivity index (χ1v) is 11.4. The molecule has 5 rings (SSSR count). The zero-order chi connectivity index (χ0) is 20.5. The van der Waals surface area contributed by atoms with Gasteiger partial charge in [-0.15, -0.1) is 11.3 Å². The van der Waals surface area contributed by atoms with Crippen LogP contribution in [0.25, 0.3) is 11.0 Å². The van der Waals surface area contributed by atoms with Crippen molar-refractivity contribution in [2.24, 2.45) is 0 Å². The molecule has 8 nitrogen and oxygen atoms in total. The zero-order valence-electron chi connectivity index (χ0n) is 16.6. The van der Waals surface area contributed by atoms with E-state index in [0.717, 1.165) is 62.4 Å². The Bertz CT molecular complexity index is 1170. The lowest BCUT2D eigenvalue weighted by atomic mass is 9.96. The molecule has 4 heterocycles. The van der Waals surface area contributed by atoms with Crippen molar-refractivity contribution in [3.8, 4) is 6.07 Å². The van der Waals surface area contributed by atoms with Gasteiger partial charge in [0, 0.05) is 28.9 Å². The first-order valence-electron chi connectivity index (χ1n) is 10.5. The Labute approximate surface area is 178 Å². The Balaban J connectivity index is 1.49. The molecule has 2 aliphatic rings. The van der Waals surface area contributed by atoms with E-state index < -0.39 is 0 Å². The fourth-order valence-electron chi connectivity index (χ4n) is 4.51. The summed E-state index contributed by atoms with van der Waals surface area (Å²) in [5.74, 6) is 0.914. The largest absolute Gasteiger partial charge is 0.317 e. The van der Waals surface area contributed by atoms with Crippen LogP contribution in [-0.4, -0.2) is 32.6 Å². The number of nitrogens with one attached hydrogen (secondary N) is 2. The highest BCUT2D eigenvalue weighted by Gasteiger charge is 2.23. The van der Waals surface area contributed by atoms with Crippen LogP contribution < -0.4 is 16.2 Å². The quantitative estimate of drug-likeness (QED) is 0.664. The van der Waals surface area contributed by atoms with Crippen molar-refractivity contribution in [1.82, 2.24) is 24.8 Å². The molecule has 1 aliphatic heterocycles. The van der Waals surface area contributed by atoms with E-state index in [1.165, 1.54) is 0 Å². The van der Waals surface area contributed by atoms with Crippen LogP contribution in [0.2, 0.25) is 0 Å². The molecule has 2 fully saturated rings. The maximum absolute atomic E-state index is 12.9. The molecule has 1 saturated carbocycles. The second kappa shape index (κ2) is 8.13. The number of hydrogen-bond acceptors (Lipinski definition) is 8. The fraction of sp³-hybridized carbons (Fsp3) is 0.476. The smallest absolute Gasteiger partial charge is 0.270 e. The molecule has 9 heteroatoms. The van der Waals surface area contributed by atoms with E-state index in [4.69, 9.17) is 4.98 Å². The van der Waals surface area contributed by atoms with Crippen molar-refractivity contribution in [1.29, 1.82) is 5.26 Å². The molecule has 0 spiro atoms. The van der Waals surface area contributed by atoms with E-state index in [0.29, 0.717) is 22.9 Å². The third-order valence-electron chi connectivity index (χ3n) is 6.08. The molecule has 30 heavy (non-hydrogen) atoms. The van der Waals surface area contributed by atoms with Crippen LogP contribution in [0.3, 0.4) is 0 Å². The van der Waals surface area contributed by atoms with Gasteiger partial charge >= 0.3 is 0 Å². The highest BCUT2D eigenvalue weighted by molar-refractivity contribution is 7.13. The van der Waals surface area contributed by atoms with Crippen LogP contribution >= 0.6 is 11.3 Å². The summed E-state index contributed by atoms with van der Waals surface area (Å²) in [6.07, 6.45) is 7.92. The number of fused-ring (bicyclic) bond motifs is 1. The van der Waals surface area contributed by atoms with Gasteiger partial charge in [-0.3, -0.25) is 14.7 Å². The minimum absolute atomic E-state index is 0.0856. The monoisotopic (exact) mass is 421 g/mol. The second-order valence-corrected chi connectivity index (χ2v) is 8.84. The topological polar surface area (TPSA) is 109 Å². The number of thiazole rings is 1. The summed E-state index contributed by atoms with van der Waals surface area (Å²) in [5.41, 5.74) is 1.58. The summed E-state index contributed by atoms with van der Waals surface area (Å²) >= 11 is 1.55. The van der Waals surface area contributed by atoms with E-state index in [2.05, 4.69) is 26.0 Å². The van der Waals surface area contributed by atoms with Crippen molar-refractivity contribution in [3.05, 3.63) is 39.3 Å². The number of anilines is 2. The molecule has 0 radical (unpaired) electrons. The number of nitrogens with zero attached hydrogens (tertiary/aromatic N) is 5. The Morgan fingerprint density at radius 2 is 2.00 bits per heavy atom. The molecule has 0 bridgehead atoms. The third-order valence-corrected chi connectivity index (χ3v) is 6.86. The maximum Gasteiger partial charge on any atom is 0.270 e. The molecule has 1 aliphatic carbocycles. The predicted octanol–water partition coefficient (Wildman–Crippen LogP) is 3.45. The minimum Gasteiger partial charge on any atom is -0.317 e. The van der Waals surface area contributed by atoms with Crippen LogP contribution in [0.4, 0.5) is 11.1 Å². The zero-order valence-corrected chi connectivity index (χ0v) is 17.4. The van der Waals surface area contributed by atoms with Crippen molar-refractivity contribution in [3.63, 3.8) is 0 Å². The Hall–Kier alpha value is -2.83. The summed E-state index contributed by atoms with van der Waals surface area (Å²) in [4.78, 5) is 26.7. The summed E-state index contributed by atoms with van der Waals surface area (Å²) in [7, 11) is 0. The number of piperidine rings is 1. The van der Waals surface area contributed by atoms with Crippen molar-refractivity contribution >= 4 is 33.5 Å². The molecular formula is C21H23N7OS. The Morgan fingerprint density at radius 3 is 2.77 bits per heavy atom. The van der Waals surface area contributed by atoms with E-state index in [1.54, 1.807) is 28.2 Å².